The molecule has 7 nitrogen and oxygen atoms in total. The second-order valence-electron chi connectivity index (χ2n) is 7.88. The van der Waals surface area contributed by atoms with Gasteiger partial charge in [-0.25, -0.2) is 8.42 Å². The number of nitrogens with one attached hydrogen (secondary N) is 1. The van der Waals surface area contributed by atoms with Gasteiger partial charge in [0.15, 0.2) is 0 Å². The van der Waals surface area contributed by atoms with Crippen LogP contribution in [0, 0.1) is 0 Å². The maximum absolute atomic E-state index is 13.7. The van der Waals surface area contributed by atoms with E-state index in [4.69, 9.17) is 23.2 Å². The molecule has 36 heavy (non-hydrogen) atoms. The Morgan fingerprint density at radius 1 is 0.972 bits per heavy atom. The molecule has 0 aliphatic rings. The smallest absolute Gasteiger partial charge is 0.264 e. The zero-order valence-corrected chi connectivity index (χ0v) is 23.4. The van der Waals surface area contributed by atoms with Crippen LogP contribution in [0.15, 0.2) is 82.2 Å². The Morgan fingerprint density at radius 3 is 2.19 bits per heavy atom. The van der Waals surface area contributed by atoms with Crippen LogP contribution in [0.2, 0.25) is 10.0 Å². The standard InChI is InChI=1S/C25H24BrCl2N3O4S/c1-17(25(33)29-2)30(15-18-6-8-19(26)9-7-18)24(32)16-31(22-5-3-4-21(28)14-22)36(34,35)23-12-10-20(27)11-13-23/h3-14,17H,15-16H2,1-2H3,(H,29,33)/t17-/m1/s1. The summed E-state index contributed by atoms with van der Waals surface area (Å²) in [5, 5.41) is 3.23. The first-order chi connectivity index (χ1) is 17.0. The third-order valence-corrected chi connectivity index (χ3v) is 8.26. The Bertz CT molecular complexity index is 1340. The quantitative estimate of drug-likeness (QED) is 0.364. The van der Waals surface area contributed by atoms with Crippen molar-refractivity contribution >= 4 is 66.7 Å². The molecule has 0 fully saturated rings. The van der Waals surface area contributed by atoms with Crippen LogP contribution < -0.4 is 9.62 Å². The summed E-state index contributed by atoms with van der Waals surface area (Å²) in [6.45, 7) is 1.14. The van der Waals surface area contributed by atoms with E-state index in [2.05, 4.69) is 21.2 Å². The van der Waals surface area contributed by atoms with E-state index in [-0.39, 0.29) is 23.0 Å². The fraction of sp³-hybridized carbons (Fsp3) is 0.200. The van der Waals surface area contributed by atoms with Gasteiger partial charge in [-0.05, 0) is 67.1 Å². The molecular weight excluding hydrogens is 589 g/mol. The lowest BCUT2D eigenvalue weighted by Gasteiger charge is -2.31. The van der Waals surface area contributed by atoms with Gasteiger partial charge in [0, 0.05) is 28.1 Å². The molecule has 3 rings (SSSR count). The molecule has 0 bridgehead atoms. The lowest BCUT2D eigenvalue weighted by molar-refractivity contribution is -0.139. The Balaban J connectivity index is 2.02. The average molecular weight is 613 g/mol. The van der Waals surface area contributed by atoms with Crippen LogP contribution in [0.1, 0.15) is 12.5 Å². The molecular formula is C25H24BrCl2N3O4S. The molecule has 3 aromatic rings. The first-order valence-corrected chi connectivity index (χ1v) is 13.8. The summed E-state index contributed by atoms with van der Waals surface area (Å²) in [6.07, 6.45) is 0. The lowest BCUT2D eigenvalue weighted by Crippen LogP contribution is -2.50. The molecule has 2 amide bonds. The monoisotopic (exact) mass is 611 g/mol. The van der Waals surface area contributed by atoms with E-state index in [0.29, 0.717) is 10.0 Å². The maximum atomic E-state index is 13.7. The summed E-state index contributed by atoms with van der Waals surface area (Å²) in [6, 6.07) is 18.3. The molecule has 3 aromatic carbocycles. The van der Waals surface area contributed by atoms with E-state index < -0.39 is 28.5 Å². The van der Waals surface area contributed by atoms with Gasteiger partial charge >= 0.3 is 0 Å². The fourth-order valence-electron chi connectivity index (χ4n) is 3.47. The van der Waals surface area contributed by atoms with Gasteiger partial charge in [0.25, 0.3) is 10.0 Å². The van der Waals surface area contributed by atoms with Gasteiger partial charge in [-0.2, -0.15) is 0 Å². The van der Waals surface area contributed by atoms with Gasteiger partial charge in [0.2, 0.25) is 11.8 Å². The van der Waals surface area contributed by atoms with Gasteiger partial charge < -0.3 is 10.2 Å². The molecule has 0 radical (unpaired) electrons. The molecule has 0 aliphatic carbocycles. The molecule has 11 heteroatoms. The van der Waals surface area contributed by atoms with Crippen molar-refractivity contribution in [3.8, 4) is 0 Å². The Kier molecular flexibility index (Phi) is 9.41. The normalized spacial score (nSPS) is 12.0. The third kappa shape index (κ3) is 6.79. The second-order valence-corrected chi connectivity index (χ2v) is 11.5. The van der Waals surface area contributed by atoms with E-state index in [9.17, 15) is 18.0 Å². The third-order valence-electron chi connectivity index (χ3n) is 5.46. The maximum Gasteiger partial charge on any atom is 0.264 e. The first-order valence-electron chi connectivity index (χ1n) is 10.8. The van der Waals surface area contributed by atoms with E-state index in [1.54, 1.807) is 25.1 Å². The summed E-state index contributed by atoms with van der Waals surface area (Å²) in [7, 11) is -2.71. The van der Waals surface area contributed by atoms with E-state index in [1.807, 2.05) is 24.3 Å². The zero-order chi connectivity index (χ0) is 26.5. The highest BCUT2D eigenvalue weighted by molar-refractivity contribution is 9.10. The van der Waals surface area contributed by atoms with Crippen molar-refractivity contribution in [2.45, 2.75) is 24.4 Å². The van der Waals surface area contributed by atoms with Crippen LogP contribution in [-0.4, -0.2) is 44.8 Å². The first kappa shape index (κ1) is 28.0. The van der Waals surface area contributed by atoms with Crippen molar-refractivity contribution in [2.24, 2.45) is 0 Å². The number of carbonyl (C=O) groups is 2. The number of carbonyl (C=O) groups excluding carboxylic acids is 2. The topological polar surface area (TPSA) is 86.8 Å². The molecule has 0 saturated carbocycles. The number of hydrogen-bond acceptors (Lipinski definition) is 4. The number of anilines is 1. The minimum absolute atomic E-state index is 0.0431. The molecule has 0 aliphatic heterocycles. The number of benzene rings is 3. The van der Waals surface area contributed by atoms with Crippen molar-refractivity contribution in [1.82, 2.24) is 10.2 Å². The fourth-order valence-corrected chi connectivity index (χ4v) is 5.45. The van der Waals surface area contributed by atoms with Crippen LogP contribution in [0.25, 0.3) is 0 Å². The SMILES string of the molecule is CNC(=O)[C@@H](C)N(Cc1ccc(Br)cc1)C(=O)CN(c1cccc(Cl)c1)S(=O)(=O)c1ccc(Cl)cc1. The molecule has 0 saturated heterocycles. The van der Waals surface area contributed by atoms with Crippen LogP contribution in [-0.2, 0) is 26.2 Å². The highest BCUT2D eigenvalue weighted by atomic mass is 79.9. The minimum Gasteiger partial charge on any atom is -0.357 e. The molecule has 0 aromatic heterocycles. The van der Waals surface area contributed by atoms with Gasteiger partial charge in [-0.1, -0.05) is 57.3 Å². The van der Waals surface area contributed by atoms with Crippen LogP contribution in [0.5, 0.6) is 0 Å². The minimum atomic E-state index is -4.18. The molecule has 0 heterocycles. The summed E-state index contributed by atoms with van der Waals surface area (Å²) >= 11 is 15.5. The van der Waals surface area contributed by atoms with Crippen molar-refractivity contribution in [1.29, 1.82) is 0 Å². The highest BCUT2D eigenvalue weighted by Gasteiger charge is 2.32. The largest absolute Gasteiger partial charge is 0.357 e. The molecule has 1 N–H and O–H groups in total. The number of hydrogen-bond donors (Lipinski definition) is 1. The van der Waals surface area contributed by atoms with E-state index >= 15 is 0 Å². The summed E-state index contributed by atoms with van der Waals surface area (Å²) < 4.78 is 29.2. The number of sulfonamides is 1. The van der Waals surface area contributed by atoms with Crippen molar-refractivity contribution in [3.05, 3.63) is 92.9 Å². The summed E-state index contributed by atoms with van der Waals surface area (Å²) in [5.41, 5.74) is 0.985. The molecule has 1 atom stereocenters. The second kappa shape index (κ2) is 12.1. The van der Waals surface area contributed by atoms with Crippen molar-refractivity contribution in [3.63, 3.8) is 0 Å². The molecule has 0 spiro atoms. The Hall–Kier alpha value is -2.59. The Morgan fingerprint density at radius 2 is 1.61 bits per heavy atom. The van der Waals surface area contributed by atoms with Gasteiger partial charge in [0.1, 0.15) is 12.6 Å². The van der Waals surface area contributed by atoms with E-state index in [0.717, 1.165) is 14.3 Å². The number of nitrogens with zero attached hydrogens (tertiary/aromatic N) is 2. The molecule has 0 unspecified atom stereocenters. The number of rotatable bonds is 9. The Labute approximate surface area is 229 Å². The lowest BCUT2D eigenvalue weighted by atomic mass is 10.1. The van der Waals surface area contributed by atoms with Gasteiger partial charge in [-0.3, -0.25) is 13.9 Å². The van der Waals surface area contributed by atoms with Gasteiger partial charge in [-0.15, -0.1) is 0 Å². The van der Waals surface area contributed by atoms with E-state index in [1.165, 1.54) is 42.3 Å². The van der Waals surface area contributed by atoms with Crippen LogP contribution in [0.3, 0.4) is 0 Å². The average Bonchev–Trinajstić information content (AvgIpc) is 2.86. The molecule has 190 valence electrons. The highest BCUT2D eigenvalue weighted by Crippen LogP contribution is 2.27. The van der Waals surface area contributed by atoms with Crippen molar-refractivity contribution < 1.29 is 18.0 Å². The van der Waals surface area contributed by atoms with Gasteiger partial charge in [0.05, 0.1) is 10.6 Å². The number of halogens is 3. The predicted molar refractivity (Wildman–Crippen MR) is 146 cm³/mol. The summed E-state index contributed by atoms with van der Waals surface area (Å²) in [5.74, 6) is -0.943. The number of amides is 2. The predicted octanol–water partition coefficient (Wildman–Crippen LogP) is 5.11. The zero-order valence-electron chi connectivity index (χ0n) is 19.5. The summed E-state index contributed by atoms with van der Waals surface area (Å²) in [4.78, 5) is 27.4. The van der Waals surface area contributed by atoms with Crippen LogP contribution >= 0.6 is 39.1 Å². The van der Waals surface area contributed by atoms with Crippen molar-refractivity contribution in [2.75, 3.05) is 17.9 Å². The van der Waals surface area contributed by atoms with Crippen LogP contribution in [0.4, 0.5) is 5.69 Å². The number of likely N-dealkylation sites (N-methyl/N-ethyl adjacent to an activating group) is 1.